The van der Waals surface area contributed by atoms with Crippen molar-refractivity contribution in [2.75, 3.05) is 10.4 Å². The molecule has 5 rings (SSSR count). The summed E-state index contributed by atoms with van der Waals surface area (Å²) in [5.41, 5.74) is 7.06. The molecule has 3 aromatic rings. The molecular formula is C24H20N4O5. The van der Waals surface area contributed by atoms with Crippen LogP contribution in [0.5, 0.6) is 5.75 Å². The molecule has 0 saturated carbocycles. The van der Waals surface area contributed by atoms with Gasteiger partial charge in [0.1, 0.15) is 5.76 Å². The van der Waals surface area contributed by atoms with Crippen molar-refractivity contribution in [3.8, 4) is 17.1 Å². The third-order valence-corrected chi connectivity index (χ3v) is 5.72. The van der Waals surface area contributed by atoms with Gasteiger partial charge in [0.25, 0.3) is 0 Å². The molecule has 0 fully saturated rings. The zero-order valence-electron chi connectivity index (χ0n) is 17.7. The molecule has 0 unspecified atom stereocenters. The average Bonchev–Trinajstić information content (AvgIpc) is 3.52. The van der Waals surface area contributed by atoms with Crippen LogP contribution in [-0.4, -0.2) is 33.5 Å². The first-order valence-electron chi connectivity index (χ1n) is 10.4. The molecule has 0 bridgehead atoms. The lowest BCUT2D eigenvalue weighted by Gasteiger charge is -2.13. The second-order valence-electron chi connectivity index (χ2n) is 7.85. The van der Waals surface area contributed by atoms with Crippen LogP contribution < -0.4 is 10.4 Å². The number of carboxylic acids is 1. The number of carboxylic acid groups (broad SMARTS) is 1. The summed E-state index contributed by atoms with van der Waals surface area (Å²) in [5, 5.41) is 29.6. The van der Waals surface area contributed by atoms with E-state index in [4.69, 9.17) is 9.52 Å². The molecule has 0 saturated heterocycles. The number of nitrogens with one attached hydrogen (secondary N) is 1. The third-order valence-electron chi connectivity index (χ3n) is 5.72. The molecule has 9 nitrogen and oxygen atoms in total. The second kappa shape index (κ2) is 7.94. The summed E-state index contributed by atoms with van der Waals surface area (Å²) in [6.45, 7) is 1.69. The number of para-hydroxylation sites is 1. The molecule has 1 aliphatic heterocycles. The minimum Gasteiger partial charge on any atom is -0.505 e. The largest absolute Gasteiger partial charge is 0.505 e. The predicted molar refractivity (Wildman–Crippen MR) is 123 cm³/mol. The number of benzene rings is 2. The van der Waals surface area contributed by atoms with Crippen molar-refractivity contribution in [3.05, 3.63) is 65.4 Å². The number of nitrogens with zero attached hydrogens (tertiary/aromatic N) is 3. The third kappa shape index (κ3) is 3.63. The van der Waals surface area contributed by atoms with Gasteiger partial charge in [0.05, 0.1) is 22.6 Å². The molecule has 0 radical (unpaired) electrons. The normalized spacial score (nSPS) is 16.3. The van der Waals surface area contributed by atoms with E-state index in [0.29, 0.717) is 11.4 Å². The number of hydrogen-bond donors (Lipinski definition) is 3. The number of phenols is 1. The Bertz CT molecular complexity index is 1350. The van der Waals surface area contributed by atoms with E-state index >= 15 is 0 Å². The van der Waals surface area contributed by atoms with Crippen LogP contribution in [0.2, 0.25) is 0 Å². The van der Waals surface area contributed by atoms with Crippen molar-refractivity contribution in [2.45, 2.75) is 26.2 Å². The van der Waals surface area contributed by atoms with Crippen molar-refractivity contribution in [1.82, 2.24) is 0 Å². The predicted octanol–water partition coefficient (Wildman–Crippen LogP) is 4.03. The van der Waals surface area contributed by atoms with E-state index in [9.17, 15) is 14.7 Å². The van der Waals surface area contributed by atoms with Crippen molar-refractivity contribution >= 4 is 34.7 Å². The SMILES string of the molecule is CC1=NN(c2ccc3c(c2)CCC3)C(=O)/C1=N\Nc1cccc(-c2ccc(C(=O)O)o2)c1O. The van der Waals surface area contributed by atoms with E-state index in [0.717, 1.165) is 19.3 Å². The number of furan rings is 1. The quantitative estimate of drug-likeness (QED) is 0.403. The number of aromatic hydroxyl groups is 1. The highest BCUT2D eigenvalue weighted by Crippen LogP contribution is 2.36. The number of carbonyl (C=O) groups is 2. The van der Waals surface area contributed by atoms with Gasteiger partial charge in [-0.25, -0.2) is 4.79 Å². The molecule has 2 aromatic carbocycles. The second-order valence-corrected chi connectivity index (χ2v) is 7.85. The number of hydrogen-bond acceptors (Lipinski definition) is 7. The first-order valence-corrected chi connectivity index (χ1v) is 10.4. The van der Waals surface area contributed by atoms with Crippen LogP contribution >= 0.6 is 0 Å². The minimum absolute atomic E-state index is 0.131. The van der Waals surface area contributed by atoms with Crippen LogP contribution in [0.4, 0.5) is 11.4 Å². The zero-order chi connectivity index (χ0) is 23.1. The molecule has 0 spiro atoms. The number of fused-ring (bicyclic) bond motifs is 1. The number of amides is 1. The van der Waals surface area contributed by atoms with E-state index in [1.54, 1.807) is 25.1 Å². The molecular weight excluding hydrogens is 424 g/mol. The lowest BCUT2D eigenvalue weighted by Crippen LogP contribution is -2.28. The molecule has 0 atom stereocenters. The Morgan fingerprint density at radius 2 is 1.97 bits per heavy atom. The number of rotatable bonds is 5. The fourth-order valence-electron chi connectivity index (χ4n) is 4.04. The summed E-state index contributed by atoms with van der Waals surface area (Å²) in [7, 11) is 0. The number of anilines is 2. The van der Waals surface area contributed by atoms with Gasteiger partial charge in [-0.05, 0) is 73.7 Å². The average molecular weight is 444 g/mol. The van der Waals surface area contributed by atoms with Crippen molar-refractivity contribution < 1.29 is 24.2 Å². The van der Waals surface area contributed by atoms with Gasteiger partial charge in [-0.15, -0.1) is 0 Å². The van der Waals surface area contributed by atoms with Gasteiger partial charge in [0.15, 0.2) is 11.5 Å². The maximum Gasteiger partial charge on any atom is 0.371 e. The number of aryl methyl sites for hydroxylation is 2. The van der Waals surface area contributed by atoms with Crippen LogP contribution in [0.25, 0.3) is 11.3 Å². The molecule has 1 aromatic heterocycles. The van der Waals surface area contributed by atoms with E-state index in [1.165, 1.54) is 28.3 Å². The molecule has 1 aliphatic carbocycles. The first-order chi connectivity index (χ1) is 15.9. The molecule has 166 valence electrons. The maximum atomic E-state index is 13.0. The van der Waals surface area contributed by atoms with E-state index in [1.807, 2.05) is 18.2 Å². The van der Waals surface area contributed by atoms with Crippen LogP contribution in [0.3, 0.4) is 0 Å². The molecule has 2 aliphatic rings. The van der Waals surface area contributed by atoms with Gasteiger partial charge in [0, 0.05) is 0 Å². The Labute approximate surface area is 188 Å². The number of hydrazone groups is 2. The zero-order valence-corrected chi connectivity index (χ0v) is 17.7. The van der Waals surface area contributed by atoms with Crippen LogP contribution in [0, 0.1) is 0 Å². The smallest absolute Gasteiger partial charge is 0.371 e. The lowest BCUT2D eigenvalue weighted by molar-refractivity contribution is -0.112. The van der Waals surface area contributed by atoms with Crippen LogP contribution in [0.1, 0.15) is 35.0 Å². The first kappa shape index (κ1) is 20.5. The topological polar surface area (TPSA) is 128 Å². The summed E-state index contributed by atoms with van der Waals surface area (Å²) in [4.78, 5) is 24.0. The van der Waals surface area contributed by atoms with E-state index in [2.05, 4.69) is 15.6 Å². The highest BCUT2D eigenvalue weighted by Gasteiger charge is 2.31. The van der Waals surface area contributed by atoms with Crippen molar-refractivity contribution in [2.24, 2.45) is 10.2 Å². The Hall–Kier alpha value is -4.40. The van der Waals surface area contributed by atoms with Crippen molar-refractivity contribution in [3.63, 3.8) is 0 Å². The van der Waals surface area contributed by atoms with Gasteiger partial charge in [-0.1, -0.05) is 12.1 Å². The Balaban J connectivity index is 1.39. The highest BCUT2D eigenvalue weighted by atomic mass is 16.4. The highest BCUT2D eigenvalue weighted by molar-refractivity contribution is 6.71. The maximum absolute atomic E-state index is 13.0. The standard InChI is InChI=1S/C24H20N4O5/c1-13-21(23(30)28(27-13)16-9-8-14-4-2-5-15(14)12-16)26-25-18-7-3-6-17(22(18)29)19-10-11-20(33-19)24(31)32/h3,6-12,25,29H,2,4-5H2,1H3,(H,31,32)/b26-21-. The van der Waals surface area contributed by atoms with Gasteiger partial charge in [-0.3, -0.25) is 10.2 Å². The Morgan fingerprint density at radius 3 is 2.76 bits per heavy atom. The molecule has 2 heterocycles. The van der Waals surface area contributed by atoms with Crippen LogP contribution in [-0.2, 0) is 17.6 Å². The molecule has 33 heavy (non-hydrogen) atoms. The van der Waals surface area contributed by atoms with Crippen molar-refractivity contribution in [1.29, 1.82) is 0 Å². The monoisotopic (exact) mass is 444 g/mol. The van der Waals surface area contributed by atoms with E-state index in [-0.39, 0.29) is 40.1 Å². The minimum atomic E-state index is -1.20. The summed E-state index contributed by atoms with van der Waals surface area (Å²) in [6, 6.07) is 13.5. The molecule has 1 amide bonds. The molecule has 9 heteroatoms. The number of phenolic OH excluding ortho intramolecular Hbond substituents is 1. The van der Waals surface area contributed by atoms with Gasteiger partial charge in [-0.2, -0.15) is 15.2 Å². The van der Waals surface area contributed by atoms with Gasteiger partial charge in [0.2, 0.25) is 5.76 Å². The summed E-state index contributed by atoms with van der Waals surface area (Å²) >= 11 is 0. The van der Waals surface area contributed by atoms with E-state index < -0.39 is 5.97 Å². The summed E-state index contributed by atoms with van der Waals surface area (Å²) < 4.78 is 5.27. The Kier molecular flexibility index (Phi) is 4.93. The van der Waals surface area contributed by atoms with Crippen LogP contribution in [0.15, 0.2) is 63.2 Å². The summed E-state index contributed by atoms with van der Waals surface area (Å²) in [6.07, 6.45) is 3.17. The molecule has 3 N–H and O–H groups in total. The number of carbonyl (C=O) groups excluding carboxylic acids is 1. The number of aromatic carboxylic acids is 1. The van der Waals surface area contributed by atoms with Gasteiger partial charge >= 0.3 is 11.9 Å². The summed E-state index contributed by atoms with van der Waals surface area (Å²) in [5.74, 6) is -1.81. The van der Waals surface area contributed by atoms with Gasteiger partial charge < -0.3 is 14.6 Å². The fourth-order valence-corrected chi connectivity index (χ4v) is 4.04. The fraction of sp³-hybridized carbons (Fsp3) is 0.167. The Morgan fingerprint density at radius 1 is 1.15 bits per heavy atom. The lowest BCUT2D eigenvalue weighted by atomic mass is 10.1.